The van der Waals surface area contributed by atoms with Crippen LogP contribution < -0.4 is 5.73 Å². The van der Waals surface area contributed by atoms with E-state index in [9.17, 15) is 0 Å². The minimum absolute atomic E-state index is 0.240. The highest BCUT2D eigenvalue weighted by atomic mass is 15.2. The number of fused-ring (bicyclic) bond motifs is 2. The van der Waals surface area contributed by atoms with Gasteiger partial charge >= 0.3 is 0 Å². The van der Waals surface area contributed by atoms with E-state index in [2.05, 4.69) is 21.1 Å². The maximum absolute atomic E-state index is 6.42. The predicted molar refractivity (Wildman–Crippen MR) is 80.8 cm³/mol. The lowest BCUT2D eigenvalue weighted by molar-refractivity contribution is 0.881. The van der Waals surface area contributed by atoms with Crippen LogP contribution in [-0.4, -0.2) is 19.6 Å². The Morgan fingerprint density at radius 2 is 2.05 bits per heavy atom. The molecule has 21 heavy (non-hydrogen) atoms. The van der Waals surface area contributed by atoms with Gasteiger partial charge in [0.25, 0.3) is 0 Å². The van der Waals surface area contributed by atoms with Crippen molar-refractivity contribution in [2.45, 2.75) is 6.04 Å². The number of benzene rings is 1. The molecular weight excluding hydrogens is 262 g/mol. The summed E-state index contributed by atoms with van der Waals surface area (Å²) in [5.74, 6) is 0. The zero-order chi connectivity index (χ0) is 14.2. The molecule has 0 fully saturated rings. The fourth-order valence-corrected chi connectivity index (χ4v) is 2.56. The quantitative estimate of drug-likeness (QED) is 0.609. The standard InChI is InChI=1S/C16H13N5/c17-16(13-9-20-21-7-6-18-10-15(13)21)12-3-4-14-11(8-12)2-1-5-19-14/h1-10,16H,17H2. The molecule has 0 aliphatic rings. The fraction of sp³-hybridized carbons (Fsp3) is 0.0625. The van der Waals surface area contributed by atoms with Crippen molar-refractivity contribution in [3.63, 3.8) is 0 Å². The molecule has 1 atom stereocenters. The summed E-state index contributed by atoms with van der Waals surface area (Å²) in [6.45, 7) is 0. The summed E-state index contributed by atoms with van der Waals surface area (Å²) in [7, 11) is 0. The van der Waals surface area contributed by atoms with Crippen LogP contribution in [0, 0.1) is 0 Å². The van der Waals surface area contributed by atoms with Crippen LogP contribution in [0.25, 0.3) is 16.4 Å². The maximum Gasteiger partial charge on any atom is 0.0896 e. The molecule has 0 saturated heterocycles. The van der Waals surface area contributed by atoms with Gasteiger partial charge in [-0.3, -0.25) is 9.97 Å². The van der Waals surface area contributed by atoms with Crippen molar-refractivity contribution in [2.75, 3.05) is 0 Å². The molecule has 4 rings (SSSR count). The number of pyridine rings is 1. The Labute approximate surface area is 121 Å². The molecule has 5 nitrogen and oxygen atoms in total. The minimum atomic E-state index is -0.240. The first kappa shape index (κ1) is 12.0. The first-order valence-corrected chi connectivity index (χ1v) is 6.70. The highest BCUT2D eigenvalue weighted by Crippen LogP contribution is 2.25. The molecule has 0 aliphatic carbocycles. The molecule has 3 heterocycles. The predicted octanol–water partition coefficient (Wildman–Crippen LogP) is 2.33. The third-order valence-corrected chi connectivity index (χ3v) is 3.68. The van der Waals surface area contributed by atoms with Gasteiger partial charge < -0.3 is 5.73 Å². The normalized spacial score (nSPS) is 12.8. The summed E-state index contributed by atoms with van der Waals surface area (Å²) < 4.78 is 1.78. The van der Waals surface area contributed by atoms with Crippen LogP contribution in [0.15, 0.2) is 61.3 Å². The van der Waals surface area contributed by atoms with Gasteiger partial charge in [0, 0.05) is 29.5 Å². The summed E-state index contributed by atoms with van der Waals surface area (Å²) in [5, 5.41) is 5.40. The Morgan fingerprint density at radius 3 is 3.00 bits per heavy atom. The smallest absolute Gasteiger partial charge is 0.0896 e. The summed E-state index contributed by atoms with van der Waals surface area (Å²) in [4.78, 5) is 8.47. The summed E-state index contributed by atoms with van der Waals surface area (Å²) in [5.41, 5.74) is 10.3. The molecule has 2 N–H and O–H groups in total. The van der Waals surface area contributed by atoms with Crippen molar-refractivity contribution in [1.82, 2.24) is 19.6 Å². The van der Waals surface area contributed by atoms with Crippen molar-refractivity contribution in [1.29, 1.82) is 0 Å². The van der Waals surface area contributed by atoms with Crippen LogP contribution >= 0.6 is 0 Å². The van der Waals surface area contributed by atoms with Crippen molar-refractivity contribution in [2.24, 2.45) is 5.73 Å². The number of nitrogens with zero attached hydrogens (tertiary/aromatic N) is 4. The van der Waals surface area contributed by atoms with Crippen molar-refractivity contribution in [3.05, 3.63) is 72.4 Å². The summed E-state index contributed by atoms with van der Waals surface area (Å²) >= 11 is 0. The number of rotatable bonds is 2. The molecule has 1 aromatic carbocycles. The van der Waals surface area contributed by atoms with Crippen LogP contribution in [0.2, 0.25) is 0 Å². The van der Waals surface area contributed by atoms with Gasteiger partial charge in [0.05, 0.1) is 29.5 Å². The van der Waals surface area contributed by atoms with E-state index in [-0.39, 0.29) is 6.04 Å². The van der Waals surface area contributed by atoms with Gasteiger partial charge in [-0.1, -0.05) is 12.1 Å². The molecule has 0 saturated carbocycles. The first-order chi connectivity index (χ1) is 10.3. The Hall–Kier alpha value is -2.79. The van der Waals surface area contributed by atoms with Gasteiger partial charge in [-0.05, 0) is 23.8 Å². The molecule has 0 aliphatic heterocycles. The Balaban J connectivity index is 1.83. The van der Waals surface area contributed by atoms with E-state index in [1.54, 1.807) is 29.3 Å². The van der Waals surface area contributed by atoms with E-state index in [1.165, 1.54) is 0 Å². The van der Waals surface area contributed by atoms with Gasteiger partial charge in [0.1, 0.15) is 0 Å². The van der Waals surface area contributed by atoms with Crippen LogP contribution in [-0.2, 0) is 0 Å². The van der Waals surface area contributed by atoms with Gasteiger partial charge in [-0.15, -0.1) is 0 Å². The molecule has 3 aromatic heterocycles. The van der Waals surface area contributed by atoms with Gasteiger partial charge in [-0.2, -0.15) is 5.10 Å². The Bertz CT molecular complexity index is 928. The largest absolute Gasteiger partial charge is 0.320 e. The molecule has 5 heteroatoms. The fourth-order valence-electron chi connectivity index (χ4n) is 2.56. The van der Waals surface area contributed by atoms with Crippen LogP contribution in [0.3, 0.4) is 0 Å². The van der Waals surface area contributed by atoms with Crippen LogP contribution in [0.4, 0.5) is 0 Å². The Morgan fingerprint density at radius 1 is 1.10 bits per heavy atom. The SMILES string of the molecule is NC(c1ccc2ncccc2c1)c1cnn2ccncc12. The number of nitrogens with two attached hydrogens (primary N) is 1. The molecule has 1 unspecified atom stereocenters. The monoisotopic (exact) mass is 275 g/mol. The molecule has 102 valence electrons. The Kier molecular flexibility index (Phi) is 2.65. The first-order valence-electron chi connectivity index (χ1n) is 6.70. The maximum atomic E-state index is 6.42. The number of hydrogen-bond acceptors (Lipinski definition) is 4. The van der Waals surface area contributed by atoms with Crippen LogP contribution in [0.1, 0.15) is 17.2 Å². The highest BCUT2D eigenvalue weighted by Gasteiger charge is 2.14. The molecule has 0 radical (unpaired) electrons. The highest BCUT2D eigenvalue weighted by molar-refractivity contribution is 5.79. The van der Waals surface area contributed by atoms with Gasteiger partial charge in [0.15, 0.2) is 0 Å². The van der Waals surface area contributed by atoms with Crippen molar-refractivity contribution in [3.8, 4) is 0 Å². The zero-order valence-electron chi connectivity index (χ0n) is 11.2. The second-order valence-electron chi connectivity index (χ2n) is 4.94. The minimum Gasteiger partial charge on any atom is -0.320 e. The second kappa shape index (κ2) is 4.64. The average Bonchev–Trinajstić information content (AvgIpc) is 2.98. The molecule has 0 amide bonds. The van der Waals surface area contributed by atoms with E-state index >= 15 is 0 Å². The lowest BCUT2D eigenvalue weighted by Crippen LogP contribution is -2.11. The zero-order valence-corrected chi connectivity index (χ0v) is 11.2. The topological polar surface area (TPSA) is 69.1 Å². The van der Waals surface area contributed by atoms with Crippen molar-refractivity contribution < 1.29 is 0 Å². The molecule has 4 aromatic rings. The third kappa shape index (κ3) is 1.95. The van der Waals surface area contributed by atoms with E-state index < -0.39 is 0 Å². The van der Waals surface area contributed by atoms with E-state index in [0.29, 0.717) is 0 Å². The lowest BCUT2D eigenvalue weighted by atomic mass is 9.99. The molecular formula is C16H13N5. The lowest BCUT2D eigenvalue weighted by Gasteiger charge is -2.11. The average molecular weight is 275 g/mol. The van der Waals surface area contributed by atoms with E-state index in [4.69, 9.17) is 5.73 Å². The van der Waals surface area contributed by atoms with Gasteiger partial charge in [-0.25, -0.2) is 4.52 Å². The molecule has 0 spiro atoms. The number of aromatic nitrogens is 4. The van der Waals surface area contributed by atoms with Gasteiger partial charge in [0.2, 0.25) is 0 Å². The van der Waals surface area contributed by atoms with E-state index in [1.807, 2.05) is 30.5 Å². The second-order valence-corrected chi connectivity index (χ2v) is 4.94. The van der Waals surface area contributed by atoms with Crippen molar-refractivity contribution >= 4 is 16.4 Å². The number of hydrogen-bond donors (Lipinski definition) is 1. The third-order valence-electron chi connectivity index (χ3n) is 3.68. The summed E-state index contributed by atoms with van der Waals surface area (Å²) in [6.07, 6.45) is 8.89. The van der Waals surface area contributed by atoms with Crippen LogP contribution in [0.5, 0.6) is 0 Å². The van der Waals surface area contributed by atoms with E-state index in [0.717, 1.165) is 27.5 Å². The molecule has 0 bridgehead atoms. The summed E-state index contributed by atoms with van der Waals surface area (Å²) in [6, 6.07) is 9.81.